The lowest BCUT2D eigenvalue weighted by Crippen LogP contribution is -1.95. The summed E-state index contributed by atoms with van der Waals surface area (Å²) in [4.78, 5) is 8.18. The Labute approximate surface area is 153 Å². The first-order valence-electron chi connectivity index (χ1n) is 7.79. The van der Waals surface area contributed by atoms with Crippen molar-refractivity contribution in [3.05, 3.63) is 52.3 Å². The fourth-order valence-corrected chi connectivity index (χ4v) is 4.87. The highest BCUT2D eigenvalue weighted by molar-refractivity contribution is 7.18. The van der Waals surface area contributed by atoms with Gasteiger partial charge in [-0.05, 0) is 42.6 Å². The molecule has 1 aromatic carbocycles. The Morgan fingerprint density at radius 3 is 2.68 bits per heavy atom. The van der Waals surface area contributed by atoms with Crippen LogP contribution < -0.4 is 4.74 Å². The molecule has 0 atom stereocenters. The van der Waals surface area contributed by atoms with Crippen molar-refractivity contribution in [3.8, 4) is 33.6 Å². The minimum Gasteiger partial charge on any atom is -0.497 e. The van der Waals surface area contributed by atoms with Crippen LogP contribution in [0.15, 0.2) is 41.8 Å². The molecule has 0 spiro atoms. The van der Waals surface area contributed by atoms with Crippen LogP contribution in [0.1, 0.15) is 10.6 Å². The Kier molecular flexibility index (Phi) is 4.04. The summed E-state index contributed by atoms with van der Waals surface area (Å²) in [6.07, 6.45) is 0.317. The third-order valence-electron chi connectivity index (χ3n) is 4.11. The number of benzene rings is 1. The van der Waals surface area contributed by atoms with E-state index in [0.717, 1.165) is 33.4 Å². The van der Waals surface area contributed by atoms with Crippen LogP contribution in [0.3, 0.4) is 0 Å². The topological polar surface area (TPSA) is 50.3 Å². The fraction of sp³-hybridized carbons (Fsp3) is 0.158. The molecule has 4 rings (SSSR count). The van der Waals surface area contributed by atoms with Gasteiger partial charge < -0.3 is 4.74 Å². The van der Waals surface area contributed by atoms with Gasteiger partial charge in [0.05, 0.1) is 41.6 Å². The second kappa shape index (κ2) is 6.36. The number of fused-ring (bicyclic) bond motifs is 1. The van der Waals surface area contributed by atoms with Crippen LogP contribution in [0.25, 0.3) is 26.8 Å². The highest BCUT2D eigenvalue weighted by atomic mass is 32.1. The fourth-order valence-electron chi connectivity index (χ4n) is 2.99. The van der Waals surface area contributed by atoms with Gasteiger partial charge in [-0.25, -0.2) is 4.98 Å². The van der Waals surface area contributed by atoms with E-state index in [1.54, 1.807) is 29.8 Å². The lowest BCUT2D eigenvalue weighted by Gasteiger charge is -2.05. The van der Waals surface area contributed by atoms with Gasteiger partial charge in [-0.15, -0.1) is 22.7 Å². The van der Waals surface area contributed by atoms with Crippen molar-refractivity contribution < 1.29 is 4.74 Å². The van der Waals surface area contributed by atoms with Crippen LogP contribution in [-0.2, 0) is 6.42 Å². The normalized spacial score (nSPS) is 10.9. The second-order valence-corrected chi connectivity index (χ2v) is 7.70. The van der Waals surface area contributed by atoms with Gasteiger partial charge >= 0.3 is 0 Å². The lowest BCUT2D eigenvalue weighted by atomic mass is 10.1. The van der Waals surface area contributed by atoms with Gasteiger partial charge in [0, 0.05) is 10.4 Å². The highest BCUT2D eigenvalue weighted by Crippen LogP contribution is 2.38. The van der Waals surface area contributed by atoms with Gasteiger partial charge in [-0.3, -0.25) is 4.40 Å². The maximum atomic E-state index is 9.37. The number of aromatic nitrogens is 2. The summed E-state index contributed by atoms with van der Waals surface area (Å²) in [6.45, 7) is 2.11. The maximum absolute atomic E-state index is 9.37. The summed E-state index contributed by atoms with van der Waals surface area (Å²) in [5.74, 6) is 0.807. The van der Waals surface area contributed by atoms with Crippen LogP contribution in [0, 0.1) is 18.3 Å². The molecular formula is C19H15N3OS2. The zero-order valence-electron chi connectivity index (χ0n) is 13.8. The Balaban J connectivity index is 1.97. The molecule has 25 heavy (non-hydrogen) atoms. The number of ether oxygens (including phenoxy) is 1. The second-order valence-electron chi connectivity index (χ2n) is 5.57. The number of thiophene rings is 1. The van der Waals surface area contributed by atoms with E-state index in [1.807, 2.05) is 30.3 Å². The molecule has 0 saturated heterocycles. The van der Waals surface area contributed by atoms with Gasteiger partial charge in [0.25, 0.3) is 0 Å². The molecular weight excluding hydrogens is 350 g/mol. The molecule has 124 valence electrons. The van der Waals surface area contributed by atoms with E-state index in [9.17, 15) is 5.26 Å². The number of nitrogens with zero attached hydrogens (tertiary/aromatic N) is 3. The average Bonchev–Trinajstić information content (AvgIpc) is 3.32. The molecule has 0 unspecified atom stereocenters. The number of hydrogen-bond acceptors (Lipinski definition) is 5. The molecule has 4 aromatic rings. The molecule has 6 heteroatoms. The number of hydrogen-bond donors (Lipinski definition) is 0. The van der Waals surface area contributed by atoms with Crippen molar-refractivity contribution in [3.63, 3.8) is 0 Å². The van der Waals surface area contributed by atoms with Crippen molar-refractivity contribution in [2.75, 3.05) is 7.11 Å². The Morgan fingerprint density at radius 1 is 1.24 bits per heavy atom. The van der Waals surface area contributed by atoms with Gasteiger partial charge in [-0.2, -0.15) is 5.26 Å². The quantitative estimate of drug-likeness (QED) is 0.501. The van der Waals surface area contributed by atoms with E-state index in [4.69, 9.17) is 9.72 Å². The standard InChI is InChI=1S/C19H15N3OS2/c1-12-18(16-4-3-11-24-16)22-15(9-10-20)17(21-19(22)25-12)13-5-7-14(23-2)8-6-13/h3-8,11H,9H2,1-2H3. The van der Waals surface area contributed by atoms with Gasteiger partial charge in [0.2, 0.25) is 0 Å². The number of rotatable bonds is 4. The molecule has 0 fully saturated rings. The summed E-state index contributed by atoms with van der Waals surface area (Å²) < 4.78 is 7.38. The third-order valence-corrected chi connectivity index (χ3v) is 5.94. The number of aryl methyl sites for hydroxylation is 1. The van der Waals surface area contributed by atoms with Crippen LogP contribution in [0.2, 0.25) is 0 Å². The predicted molar refractivity (Wildman–Crippen MR) is 102 cm³/mol. The van der Waals surface area contributed by atoms with E-state index < -0.39 is 0 Å². The summed E-state index contributed by atoms with van der Waals surface area (Å²) in [5, 5.41) is 11.4. The smallest absolute Gasteiger partial charge is 0.195 e. The zero-order chi connectivity index (χ0) is 17.4. The molecule has 0 N–H and O–H groups in total. The summed E-state index contributed by atoms with van der Waals surface area (Å²) >= 11 is 3.37. The van der Waals surface area contributed by atoms with Crippen molar-refractivity contribution in [2.45, 2.75) is 13.3 Å². The summed E-state index contributed by atoms with van der Waals surface area (Å²) in [5.41, 5.74) is 3.95. The molecule has 0 aliphatic rings. The van der Waals surface area contributed by atoms with Crippen LogP contribution in [0.5, 0.6) is 5.75 Å². The number of nitriles is 1. The monoisotopic (exact) mass is 365 g/mol. The minimum absolute atomic E-state index is 0.317. The van der Waals surface area contributed by atoms with Gasteiger partial charge in [0.1, 0.15) is 5.75 Å². The lowest BCUT2D eigenvalue weighted by molar-refractivity contribution is 0.415. The molecule has 4 nitrogen and oxygen atoms in total. The number of imidazole rings is 1. The first kappa shape index (κ1) is 15.9. The Bertz CT molecular complexity index is 1070. The minimum atomic E-state index is 0.317. The molecule has 3 aromatic heterocycles. The molecule has 3 heterocycles. The molecule has 0 aliphatic heterocycles. The first-order valence-corrected chi connectivity index (χ1v) is 9.48. The van der Waals surface area contributed by atoms with E-state index >= 15 is 0 Å². The average molecular weight is 365 g/mol. The summed E-state index contributed by atoms with van der Waals surface area (Å²) in [7, 11) is 1.65. The SMILES string of the molecule is COc1ccc(-c2nc3sc(C)c(-c4cccs4)n3c2CC#N)cc1. The largest absolute Gasteiger partial charge is 0.497 e. The number of thiazole rings is 1. The number of methoxy groups -OCH3 is 1. The van der Waals surface area contributed by atoms with Crippen molar-refractivity contribution >= 4 is 27.6 Å². The van der Waals surface area contributed by atoms with Gasteiger partial charge in [-0.1, -0.05) is 6.07 Å². The van der Waals surface area contributed by atoms with Crippen LogP contribution in [-0.4, -0.2) is 16.5 Å². The molecule has 0 bridgehead atoms. The maximum Gasteiger partial charge on any atom is 0.195 e. The summed E-state index contributed by atoms with van der Waals surface area (Å²) in [6, 6.07) is 14.3. The molecule has 0 radical (unpaired) electrons. The van der Waals surface area contributed by atoms with Crippen molar-refractivity contribution in [2.24, 2.45) is 0 Å². The Hall–Kier alpha value is -2.62. The zero-order valence-corrected chi connectivity index (χ0v) is 15.4. The van der Waals surface area contributed by atoms with Crippen LogP contribution >= 0.6 is 22.7 Å². The predicted octanol–water partition coefficient (Wildman–Crippen LogP) is 5.17. The third kappa shape index (κ3) is 2.62. The van der Waals surface area contributed by atoms with Crippen molar-refractivity contribution in [1.29, 1.82) is 5.26 Å². The van der Waals surface area contributed by atoms with Crippen molar-refractivity contribution in [1.82, 2.24) is 9.38 Å². The molecule has 0 aliphatic carbocycles. The van der Waals surface area contributed by atoms with E-state index in [1.165, 1.54) is 9.75 Å². The Morgan fingerprint density at radius 2 is 2.04 bits per heavy atom. The van der Waals surface area contributed by atoms with Gasteiger partial charge in [0.15, 0.2) is 4.96 Å². The van der Waals surface area contributed by atoms with E-state index in [-0.39, 0.29) is 0 Å². The molecule has 0 amide bonds. The van der Waals surface area contributed by atoms with E-state index in [2.05, 4.69) is 28.8 Å². The molecule has 0 saturated carbocycles. The first-order chi connectivity index (χ1) is 12.2. The van der Waals surface area contributed by atoms with Crippen LogP contribution in [0.4, 0.5) is 0 Å². The highest BCUT2D eigenvalue weighted by Gasteiger charge is 2.21. The van der Waals surface area contributed by atoms with E-state index in [0.29, 0.717) is 6.42 Å².